The fourth-order valence-electron chi connectivity index (χ4n) is 5.38. The standard InChI is InChI=1S/C18H25N3O2/c1-23-16(22)11-21-17(12-19)8-4-2-6-14(17)10-15-7-3-5-9-18(15,21)13-20/h14-15H,2-11H2,1H3/t14-,15+,17-,18-/m0/s1. The van der Waals surface area contributed by atoms with Crippen molar-refractivity contribution in [2.24, 2.45) is 11.8 Å². The Hall–Kier alpha value is -1.59. The van der Waals surface area contributed by atoms with Gasteiger partial charge in [-0.1, -0.05) is 25.7 Å². The summed E-state index contributed by atoms with van der Waals surface area (Å²) in [6.07, 6.45) is 8.83. The van der Waals surface area contributed by atoms with E-state index < -0.39 is 11.1 Å². The molecule has 5 heteroatoms. The summed E-state index contributed by atoms with van der Waals surface area (Å²) < 4.78 is 4.89. The lowest BCUT2D eigenvalue weighted by atomic mass is 9.57. The second kappa shape index (κ2) is 6.13. The summed E-state index contributed by atoms with van der Waals surface area (Å²) in [5.74, 6) is 0.204. The summed E-state index contributed by atoms with van der Waals surface area (Å²) in [4.78, 5) is 14.0. The summed E-state index contributed by atoms with van der Waals surface area (Å²) >= 11 is 0. The van der Waals surface area contributed by atoms with Crippen LogP contribution in [0.15, 0.2) is 0 Å². The van der Waals surface area contributed by atoms with Crippen LogP contribution in [0.1, 0.15) is 57.8 Å². The first-order chi connectivity index (χ1) is 11.1. The van der Waals surface area contributed by atoms with Gasteiger partial charge >= 0.3 is 5.97 Å². The molecule has 3 fully saturated rings. The number of likely N-dealkylation sites (tertiary alicyclic amines) is 1. The Labute approximate surface area is 138 Å². The molecule has 2 aliphatic carbocycles. The largest absolute Gasteiger partial charge is 0.468 e. The molecule has 0 aromatic rings. The predicted octanol–water partition coefficient (Wildman–Crippen LogP) is 2.77. The number of esters is 1. The monoisotopic (exact) mass is 315 g/mol. The third-order valence-corrected chi connectivity index (χ3v) is 6.51. The van der Waals surface area contributed by atoms with Crippen molar-refractivity contribution in [3.8, 4) is 12.1 Å². The third kappa shape index (κ3) is 2.34. The van der Waals surface area contributed by atoms with Crippen molar-refractivity contribution in [3.63, 3.8) is 0 Å². The quantitative estimate of drug-likeness (QED) is 0.732. The number of carbonyl (C=O) groups is 1. The van der Waals surface area contributed by atoms with E-state index in [0.29, 0.717) is 0 Å². The van der Waals surface area contributed by atoms with Crippen LogP contribution in [0, 0.1) is 34.5 Å². The number of hydrogen-bond acceptors (Lipinski definition) is 5. The Morgan fingerprint density at radius 3 is 2.04 bits per heavy atom. The fourth-order valence-corrected chi connectivity index (χ4v) is 5.38. The lowest BCUT2D eigenvalue weighted by molar-refractivity contribution is -0.156. The molecule has 1 aliphatic heterocycles. The molecule has 23 heavy (non-hydrogen) atoms. The number of nitriles is 2. The van der Waals surface area contributed by atoms with Gasteiger partial charge in [-0.05, 0) is 43.9 Å². The molecule has 0 bridgehead atoms. The van der Waals surface area contributed by atoms with E-state index in [1.54, 1.807) is 0 Å². The van der Waals surface area contributed by atoms with Crippen LogP contribution in [0.25, 0.3) is 0 Å². The molecular weight excluding hydrogens is 290 g/mol. The van der Waals surface area contributed by atoms with Gasteiger partial charge in [-0.25, -0.2) is 0 Å². The highest BCUT2D eigenvalue weighted by Gasteiger charge is 2.62. The van der Waals surface area contributed by atoms with Crippen LogP contribution in [-0.2, 0) is 9.53 Å². The van der Waals surface area contributed by atoms with Crippen molar-refractivity contribution < 1.29 is 9.53 Å². The Balaban J connectivity index is 2.08. The Bertz CT molecular complexity index is 524. The number of methoxy groups -OCH3 is 1. The maximum absolute atomic E-state index is 12.1. The van der Waals surface area contributed by atoms with E-state index in [1.807, 2.05) is 4.90 Å². The maximum Gasteiger partial charge on any atom is 0.319 e. The number of rotatable bonds is 2. The lowest BCUT2D eigenvalue weighted by Crippen LogP contribution is -2.71. The van der Waals surface area contributed by atoms with Gasteiger partial charge in [0.15, 0.2) is 0 Å². The average molecular weight is 315 g/mol. The van der Waals surface area contributed by atoms with Crippen LogP contribution in [0.5, 0.6) is 0 Å². The molecule has 3 rings (SSSR count). The zero-order valence-corrected chi connectivity index (χ0v) is 13.9. The SMILES string of the molecule is COC(=O)CN1[C@]2(C#N)CCCC[C@@H]2C[C@@H]2CCCC[C@]21C#N. The Morgan fingerprint density at radius 1 is 1.09 bits per heavy atom. The molecule has 0 N–H and O–H groups in total. The second-order valence-corrected chi connectivity index (χ2v) is 7.36. The first kappa shape index (κ1) is 16.3. The lowest BCUT2D eigenvalue weighted by Gasteiger charge is -2.61. The summed E-state index contributed by atoms with van der Waals surface area (Å²) in [5, 5.41) is 20.2. The first-order valence-electron chi connectivity index (χ1n) is 8.80. The van der Waals surface area contributed by atoms with Gasteiger partial charge in [-0.2, -0.15) is 10.5 Å². The predicted molar refractivity (Wildman–Crippen MR) is 83.9 cm³/mol. The molecule has 3 aliphatic rings. The topological polar surface area (TPSA) is 77.1 Å². The van der Waals surface area contributed by atoms with Crippen LogP contribution in [0.2, 0.25) is 0 Å². The van der Waals surface area contributed by atoms with Crippen molar-refractivity contribution in [1.82, 2.24) is 4.90 Å². The molecular formula is C18H25N3O2. The molecule has 0 unspecified atom stereocenters. The normalized spacial score (nSPS) is 40.1. The second-order valence-electron chi connectivity index (χ2n) is 7.36. The zero-order chi connectivity index (χ0) is 16.5. The zero-order valence-electron chi connectivity index (χ0n) is 13.9. The van der Waals surface area contributed by atoms with E-state index in [4.69, 9.17) is 4.74 Å². The van der Waals surface area contributed by atoms with Crippen molar-refractivity contribution in [2.45, 2.75) is 68.9 Å². The van der Waals surface area contributed by atoms with E-state index in [2.05, 4.69) is 12.1 Å². The molecule has 1 saturated heterocycles. The van der Waals surface area contributed by atoms with Crippen LogP contribution in [-0.4, -0.2) is 35.6 Å². The van der Waals surface area contributed by atoms with Gasteiger partial charge in [-0.3, -0.25) is 9.69 Å². The fraction of sp³-hybridized carbons (Fsp3) is 0.833. The van der Waals surface area contributed by atoms with E-state index in [9.17, 15) is 15.3 Å². The Kier molecular flexibility index (Phi) is 4.34. The van der Waals surface area contributed by atoms with Crippen molar-refractivity contribution in [2.75, 3.05) is 13.7 Å². The maximum atomic E-state index is 12.1. The van der Waals surface area contributed by atoms with Crippen LogP contribution in [0.3, 0.4) is 0 Å². The minimum Gasteiger partial charge on any atom is -0.468 e. The molecule has 5 nitrogen and oxygen atoms in total. The highest BCUT2D eigenvalue weighted by molar-refractivity contribution is 5.72. The van der Waals surface area contributed by atoms with Gasteiger partial charge < -0.3 is 4.74 Å². The number of hydrogen-bond donors (Lipinski definition) is 0. The van der Waals surface area contributed by atoms with Gasteiger partial charge in [0, 0.05) is 0 Å². The Morgan fingerprint density at radius 2 is 1.61 bits per heavy atom. The average Bonchev–Trinajstić information content (AvgIpc) is 2.61. The van der Waals surface area contributed by atoms with Crippen molar-refractivity contribution in [1.29, 1.82) is 10.5 Å². The van der Waals surface area contributed by atoms with E-state index in [1.165, 1.54) is 7.11 Å². The third-order valence-electron chi connectivity index (χ3n) is 6.51. The summed E-state index contributed by atoms with van der Waals surface area (Å²) in [6, 6.07) is 5.12. The molecule has 124 valence electrons. The minimum atomic E-state index is -0.671. The van der Waals surface area contributed by atoms with E-state index in [-0.39, 0.29) is 24.3 Å². The molecule has 0 spiro atoms. The van der Waals surface area contributed by atoms with Gasteiger partial charge in [0.05, 0.1) is 25.8 Å². The molecule has 2 saturated carbocycles. The smallest absolute Gasteiger partial charge is 0.319 e. The van der Waals surface area contributed by atoms with Crippen LogP contribution in [0.4, 0.5) is 0 Å². The number of ether oxygens (including phenoxy) is 1. The van der Waals surface area contributed by atoms with Gasteiger partial charge in [0.25, 0.3) is 0 Å². The summed E-state index contributed by atoms with van der Waals surface area (Å²) in [6.45, 7) is 0.0601. The molecule has 0 aromatic heterocycles. The summed E-state index contributed by atoms with van der Waals surface area (Å²) in [5.41, 5.74) is -1.34. The van der Waals surface area contributed by atoms with Gasteiger partial charge in [-0.15, -0.1) is 0 Å². The molecule has 0 aromatic carbocycles. The number of nitrogens with zero attached hydrogens (tertiary/aromatic N) is 3. The highest BCUT2D eigenvalue weighted by Crippen LogP contribution is 2.55. The van der Waals surface area contributed by atoms with Crippen molar-refractivity contribution >= 4 is 5.97 Å². The number of fused-ring (bicyclic) bond motifs is 2. The molecule has 4 atom stereocenters. The van der Waals surface area contributed by atoms with Gasteiger partial charge in [0.1, 0.15) is 11.1 Å². The summed E-state index contributed by atoms with van der Waals surface area (Å²) in [7, 11) is 1.38. The number of carbonyl (C=O) groups excluding carboxylic acids is 1. The molecule has 0 radical (unpaired) electrons. The van der Waals surface area contributed by atoms with E-state index in [0.717, 1.165) is 57.8 Å². The first-order valence-corrected chi connectivity index (χ1v) is 8.80. The molecule has 0 amide bonds. The van der Waals surface area contributed by atoms with Crippen LogP contribution < -0.4 is 0 Å². The van der Waals surface area contributed by atoms with E-state index >= 15 is 0 Å². The molecule has 1 heterocycles. The number of piperidine rings is 1. The highest BCUT2D eigenvalue weighted by atomic mass is 16.5. The van der Waals surface area contributed by atoms with Crippen LogP contribution >= 0.6 is 0 Å². The minimum absolute atomic E-state index is 0.0601. The van der Waals surface area contributed by atoms with Gasteiger partial charge in [0.2, 0.25) is 0 Å². The van der Waals surface area contributed by atoms with Crippen molar-refractivity contribution in [3.05, 3.63) is 0 Å².